The van der Waals surface area contributed by atoms with Gasteiger partial charge in [0, 0.05) is 21.8 Å². The molecule has 2 nitrogen and oxygen atoms in total. The van der Waals surface area contributed by atoms with E-state index < -0.39 is 0 Å². The molecule has 0 heterocycles. The van der Waals surface area contributed by atoms with Crippen LogP contribution in [-0.4, -0.2) is 14.2 Å². The molecule has 4 heteroatoms. The Labute approximate surface area is 101 Å². The molecule has 0 bridgehead atoms. The first kappa shape index (κ1) is 11.9. The summed E-state index contributed by atoms with van der Waals surface area (Å²) in [6.45, 7) is 0. The molecule has 0 aromatic heterocycles. The maximum Gasteiger partial charge on any atom is 0.127 e. The van der Waals surface area contributed by atoms with Crippen LogP contribution in [0.25, 0.3) is 0 Å². The van der Waals surface area contributed by atoms with Crippen molar-refractivity contribution in [3.63, 3.8) is 0 Å². The zero-order chi connectivity index (χ0) is 10.6. The highest BCUT2D eigenvalue weighted by atomic mass is 79.9. The van der Waals surface area contributed by atoms with E-state index in [0.717, 1.165) is 33.3 Å². The Morgan fingerprint density at radius 1 is 1.00 bits per heavy atom. The number of hydrogen-bond donors (Lipinski definition) is 0. The molecule has 0 unspecified atom stereocenters. The SMILES string of the molecule is COc1cc(CBr)c(OC)c(CBr)c1. The van der Waals surface area contributed by atoms with Gasteiger partial charge in [-0.25, -0.2) is 0 Å². The fourth-order valence-electron chi connectivity index (χ4n) is 1.30. The van der Waals surface area contributed by atoms with Gasteiger partial charge in [-0.3, -0.25) is 0 Å². The van der Waals surface area contributed by atoms with E-state index in [9.17, 15) is 0 Å². The second-order valence-electron chi connectivity index (χ2n) is 2.75. The molecule has 0 aliphatic rings. The topological polar surface area (TPSA) is 18.5 Å². The summed E-state index contributed by atoms with van der Waals surface area (Å²) in [5, 5.41) is 1.51. The molecule has 0 saturated heterocycles. The van der Waals surface area contributed by atoms with E-state index in [4.69, 9.17) is 9.47 Å². The lowest BCUT2D eigenvalue weighted by atomic mass is 10.1. The van der Waals surface area contributed by atoms with Crippen LogP contribution in [0.4, 0.5) is 0 Å². The van der Waals surface area contributed by atoms with Crippen LogP contribution in [0.5, 0.6) is 11.5 Å². The highest BCUT2D eigenvalue weighted by Crippen LogP contribution is 2.32. The molecule has 0 atom stereocenters. The van der Waals surface area contributed by atoms with Gasteiger partial charge in [0.05, 0.1) is 14.2 Å². The summed E-state index contributed by atoms with van der Waals surface area (Å²) in [4.78, 5) is 0. The van der Waals surface area contributed by atoms with E-state index in [-0.39, 0.29) is 0 Å². The molecule has 0 aliphatic heterocycles. The van der Waals surface area contributed by atoms with Gasteiger partial charge in [0.15, 0.2) is 0 Å². The molecule has 0 fully saturated rings. The van der Waals surface area contributed by atoms with E-state index in [1.54, 1.807) is 14.2 Å². The van der Waals surface area contributed by atoms with E-state index in [1.807, 2.05) is 12.1 Å². The highest BCUT2D eigenvalue weighted by Gasteiger charge is 2.10. The van der Waals surface area contributed by atoms with Crippen LogP contribution in [-0.2, 0) is 10.7 Å². The van der Waals surface area contributed by atoms with E-state index in [2.05, 4.69) is 31.9 Å². The number of ether oxygens (including phenoxy) is 2. The number of hydrogen-bond acceptors (Lipinski definition) is 2. The molecule has 0 radical (unpaired) electrons. The molecular formula is C10H12Br2O2. The van der Waals surface area contributed by atoms with E-state index in [1.165, 1.54) is 0 Å². The molecule has 14 heavy (non-hydrogen) atoms. The minimum Gasteiger partial charge on any atom is -0.497 e. The summed E-state index contributed by atoms with van der Waals surface area (Å²) >= 11 is 6.85. The van der Waals surface area contributed by atoms with Crippen molar-refractivity contribution in [1.82, 2.24) is 0 Å². The van der Waals surface area contributed by atoms with Gasteiger partial charge in [-0.15, -0.1) is 0 Å². The standard InChI is InChI=1S/C10H12Br2O2/c1-13-9-3-7(5-11)10(14-2)8(4-9)6-12/h3-4H,5-6H2,1-2H3. The molecule has 1 aromatic carbocycles. The van der Waals surface area contributed by atoms with Crippen molar-refractivity contribution in [2.45, 2.75) is 10.7 Å². The summed E-state index contributed by atoms with van der Waals surface area (Å²) in [5.74, 6) is 1.77. The van der Waals surface area contributed by atoms with Gasteiger partial charge >= 0.3 is 0 Å². The Morgan fingerprint density at radius 3 is 1.79 bits per heavy atom. The van der Waals surface area contributed by atoms with Gasteiger partial charge in [-0.05, 0) is 12.1 Å². The van der Waals surface area contributed by atoms with Gasteiger partial charge in [-0.1, -0.05) is 31.9 Å². The Bertz CT molecular complexity index is 288. The number of alkyl halides is 2. The monoisotopic (exact) mass is 322 g/mol. The second kappa shape index (κ2) is 5.61. The van der Waals surface area contributed by atoms with Crippen LogP contribution >= 0.6 is 31.9 Å². The maximum atomic E-state index is 5.34. The number of benzene rings is 1. The molecule has 0 aliphatic carbocycles. The quantitative estimate of drug-likeness (QED) is 0.790. The maximum absolute atomic E-state index is 5.34. The molecular weight excluding hydrogens is 312 g/mol. The van der Waals surface area contributed by atoms with Gasteiger partial charge < -0.3 is 9.47 Å². The van der Waals surface area contributed by atoms with E-state index >= 15 is 0 Å². The van der Waals surface area contributed by atoms with Gasteiger partial charge in [0.25, 0.3) is 0 Å². The first-order valence-electron chi connectivity index (χ1n) is 4.12. The zero-order valence-electron chi connectivity index (χ0n) is 8.14. The summed E-state index contributed by atoms with van der Waals surface area (Å²) in [5.41, 5.74) is 2.20. The van der Waals surface area contributed by atoms with Gasteiger partial charge in [0.1, 0.15) is 11.5 Å². The lowest BCUT2D eigenvalue weighted by molar-refractivity contribution is 0.397. The number of rotatable bonds is 4. The smallest absolute Gasteiger partial charge is 0.127 e. The third kappa shape index (κ3) is 2.42. The average molecular weight is 324 g/mol. The normalized spacial score (nSPS) is 10.0. The van der Waals surface area contributed by atoms with Crippen molar-refractivity contribution in [3.05, 3.63) is 23.3 Å². The largest absolute Gasteiger partial charge is 0.497 e. The van der Waals surface area contributed by atoms with Crippen LogP contribution < -0.4 is 9.47 Å². The Hall–Kier alpha value is -0.220. The first-order valence-corrected chi connectivity index (χ1v) is 6.36. The van der Waals surface area contributed by atoms with Gasteiger partial charge in [0.2, 0.25) is 0 Å². The molecule has 0 spiro atoms. The fourth-order valence-corrected chi connectivity index (χ4v) is 2.13. The van der Waals surface area contributed by atoms with Crippen molar-refractivity contribution in [2.24, 2.45) is 0 Å². The number of methoxy groups -OCH3 is 2. The second-order valence-corrected chi connectivity index (χ2v) is 3.87. The fraction of sp³-hybridized carbons (Fsp3) is 0.400. The minimum absolute atomic E-state index is 0.757. The lowest BCUT2D eigenvalue weighted by Gasteiger charge is -2.12. The highest BCUT2D eigenvalue weighted by molar-refractivity contribution is 9.08. The van der Waals surface area contributed by atoms with Crippen molar-refractivity contribution in [3.8, 4) is 11.5 Å². The van der Waals surface area contributed by atoms with Crippen molar-refractivity contribution >= 4 is 31.9 Å². The molecule has 1 aromatic rings. The number of halogens is 2. The third-order valence-corrected chi connectivity index (χ3v) is 3.15. The third-order valence-electron chi connectivity index (χ3n) is 1.94. The van der Waals surface area contributed by atoms with Crippen LogP contribution in [0.15, 0.2) is 12.1 Å². The van der Waals surface area contributed by atoms with Crippen LogP contribution in [0.1, 0.15) is 11.1 Å². The Kier molecular flexibility index (Phi) is 4.75. The van der Waals surface area contributed by atoms with Crippen LogP contribution in [0.2, 0.25) is 0 Å². The Balaban J connectivity index is 3.24. The van der Waals surface area contributed by atoms with E-state index in [0.29, 0.717) is 0 Å². The Morgan fingerprint density at radius 2 is 1.50 bits per heavy atom. The van der Waals surface area contributed by atoms with Gasteiger partial charge in [-0.2, -0.15) is 0 Å². The van der Waals surface area contributed by atoms with Crippen molar-refractivity contribution in [1.29, 1.82) is 0 Å². The summed E-state index contributed by atoms with van der Waals surface area (Å²) in [6.07, 6.45) is 0. The van der Waals surface area contributed by atoms with Crippen molar-refractivity contribution in [2.75, 3.05) is 14.2 Å². The minimum atomic E-state index is 0.757. The zero-order valence-corrected chi connectivity index (χ0v) is 11.3. The first-order chi connectivity index (χ1) is 6.76. The molecule has 1 rings (SSSR count). The molecule has 78 valence electrons. The van der Waals surface area contributed by atoms with Crippen LogP contribution in [0.3, 0.4) is 0 Å². The van der Waals surface area contributed by atoms with Crippen molar-refractivity contribution < 1.29 is 9.47 Å². The summed E-state index contributed by atoms with van der Waals surface area (Å²) in [6, 6.07) is 3.94. The molecule has 0 saturated carbocycles. The lowest BCUT2D eigenvalue weighted by Crippen LogP contribution is -1.96. The molecule has 0 N–H and O–H groups in total. The molecule has 0 amide bonds. The predicted octanol–water partition coefficient (Wildman–Crippen LogP) is 3.49. The average Bonchev–Trinajstić information content (AvgIpc) is 2.26. The predicted molar refractivity (Wildman–Crippen MR) is 64.8 cm³/mol. The summed E-state index contributed by atoms with van der Waals surface area (Å²) in [7, 11) is 3.35. The van der Waals surface area contributed by atoms with Crippen LogP contribution in [0, 0.1) is 0 Å². The summed E-state index contributed by atoms with van der Waals surface area (Å²) < 4.78 is 10.5.